The van der Waals surface area contributed by atoms with Crippen molar-refractivity contribution >= 4 is 6.08 Å². The summed E-state index contributed by atoms with van der Waals surface area (Å²) in [5.74, 6) is 0. The third-order valence-electron chi connectivity index (χ3n) is 8.95. The maximum Gasteiger partial charge on any atom is 0.0310 e. The van der Waals surface area contributed by atoms with E-state index in [4.69, 9.17) is 0 Å². The fourth-order valence-corrected chi connectivity index (χ4v) is 6.60. The van der Waals surface area contributed by atoms with E-state index < -0.39 is 0 Å². The Morgan fingerprint density at radius 2 is 1.40 bits per heavy atom. The SMILES string of the molecule is CC1=C(C)C(C)(C2(Cc3ccccc3)C=Cc3cc4c(cc32)CCCC4)C(C)=C1C. The van der Waals surface area contributed by atoms with Crippen LogP contribution in [-0.2, 0) is 24.7 Å². The first-order chi connectivity index (χ1) is 14.4. The normalized spacial score (nSPS) is 24.4. The molecule has 0 radical (unpaired) electrons. The van der Waals surface area contributed by atoms with Crippen molar-refractivity contribution in [1.29, 1.82) is 0 Å². The lowest BCUT2D eigenvalue weighted by molar-refractivity contribution is 0.289. The van der Waals surface area contributed by atoms with Crippen molar-refractivity contribution in [1.82, 2.24) is 0 Å². The van der Waals surface area contributed by atoms with Gasteiger partial charge in [-0.1, -0.05) is 72.7 Å². The van der Waals surface area contributed by atoms with Crippen LogP contribution >= 0.6 is 0 Å². The molecule has 0 fully saturated rings. The molecule has 5 rings (SSSR count). The predicted octanol–water partition coefficient (Wildman–Crippen LogP) is 7.77. The molecule has 0 heteroatoms. The molecule has 0 amide bonds. The number of fused-ring (bicyclic) bond motifs is 2. The van der Waals surface area contributed by atoms with Crippen LogP contribution in [-0.4, -0.2) is 0 Å². The van der Waals surface area contributed by atoms with E-state index in [0.29, 0.717) is 0 Å². The fraction of sp³-hybridized carbons (Fsp3) is 0.400. The average Bonchev–Trinajstić information content (AvgIpc) is 3.20. The van der Waals surface area contributed by atoms with Crippen LogP contribution in [0.25, 0.3) is 6.08 Å². The maximum absolute atomic E-state index is 2.60. The zero-order chi connectivity index (χ0) is 21.1. The van der Waals surface area contributed by atoms with Gasteiger partial charge >= 0.3 is 0 Å². The third kappa shape index (κ3) is 2.52. The molecular formula is C30H34. The Labute approximate surface area is 182 Å². The average molecular weight is 395 g/mol. The lowest BCUT2D eigenvalue weighted by Gasteiger charge is -2.48. The number of hydrogen-bond acceptors (Lipinski definition) is 0. The van der Waals surface area contributed by atoms with Crippen LogP contribution in [0.1, 0.15) is 75.3 Å². The van der Waals surface area contributed by atoms with Gasteiger partial charge in [-0.3, -0.25) is 0 Å². The lowest BCUT2D eigenvalue weighted by atomic mass is 9.54. The molecule has 0 spiro atoms. The van der Waals surface area contributed by atoms with Gasteiger partial charge in [-0.2, -0.15) is 0 Å². The Morgan fingerprint density at radius 1 is 0.800 bits per heavy atom. The van der Waals surface area contributed by atoms with Crippen LogP contribution in [0.4, 0.5) is 0 Å². The van der Waals surface area contributed by atoms with E-state index in [-0.39, 0.29) is 10.8 Å². The van der Waals surface area contributed by atoms with Gasteiger partial charge in [-0.15, -0.1) is 0 Å². The molecular weight excluding hydrogens is 360 g/mol. The van der Waals surface area contributed by atoms with Gasteiger partial charge in [-0.25, -0.2) is 0 Å². The van der Waals surface area contributed by atoms with Gasteiger partial charge < -0.3 is 0 Å². The standard InChI is InChI=1S/C30H34/c1-20-21(2)23(4)29(5,22(20)3)30(19-24-11-7-6-8-12-24)16-15-27-17-25-13-9-10-14-26(25)18-28(27)30/h6-8,11-12,15-18H,9-10,13-14,19H2,1-5H3. The minimum atomic E-state index is -0.0383. The van der Waals surface area contributed by atoms with Gasteiger partial charge in [0.25, 0.3) is 0 Å². The summed E-state index contributed by atoms with van der Waals surface area (Å²) in [5, 5.41) is 0. The van der Waals surface area contributed by atoms with Gasteiger partial charge in [0.05, 0.1) is 0 Å². The minimum absolute atomic E-state index is 0.00165. The highest BCUT2D eigenvalue weighted by atomic mass is 14.6. The summed E-state index contributed by atoms with van der Waals surface area (Å²) in [6.07, 6.45) is 11.2. The molecule has 0 saturated carbocycles. The number of benzene rings is 2. The molecule has 2 aromatic rings. The Morgan fingerprint density at radius 3 is 2.03 bits per heavy atom. The second kappa shape index (κ2) is 6.84. The van der Waals surface area contributed by atoms with E-state index >= 15 is 0 Å². The third-order valence-corrected chi connectivity index (χ3v) is 8.95. The number of aryl methyl sites for hydroxylation is 2. The van der Waals surface area contributed by atoms with Crippen LogP contribution < -0.4 is 0 Å². The Balaban J connectivity index is 1.77. The first kappa shape index (κ1) is 19.6. The second-order valence-electron chi connectivity index (χ2n) is 10.0. The maximum atomic E-state index is 2.60. The summed E-state index contributed by atoms with van der Waals surface area (Å²) in [6, 6.07) is 16.2. The zero-order valence-electron chi connectivity index (χ0n) is 19.2. The molecule has 0 heterocycles. The Bertz CT molecular complexity index is 1080. The molecule has 0 saturated heterocycles. The first-order valence-electron chi connectivity index (χ1n) is 11.6. The van der Waals surface area contributed by atoms with Crippen molar-refractivity contribution in [3.8, 4) is 0 Å². The Kier molecular flexibility index (Phi) is 4.47. The van der Waals surface area contributed by atoms with E-state index in [1.54, 1.807) is 27.8 Å². The topological polar surface area (TPSA) is 0 Å². The lowest BCUT2D eigenvalue weighted by Crippen LogP contribution is -2.44. The van der Waals surface area contributed by atoms with Crippen molar-refractivity contribution < 1.29 is 0 Å². The summed E-state index contributed by atoms with van der Waals surface area (Å²) in [6.45, 7) is 11.9. The van der Waals surface area contributed by atoms with Crippen molar-refractivity contribution in [2.75, 3.05) is 0 Å². The molecule has 30 heavy (non-hydrogen) atoms. The van der Waals surface area contributed by atoms with E-state index in [1.807, 2.05) is 0 Å². The van der Waals surface area contributed by atoms with Crippen LogP contribution in [0.3, 0.4) is 0 Å². The van der Waals surface area contributed by atoms with Crippen LogP contribution in [0.15, 0.2) is 70.8 Å². The number of allylic oxidation sites excluding steroid dienone is 5. The van der Waals surface area contributed by atoms with E-state index in [1.165, 1.54) is 48.0 Å². The first-order valence-corrected chi connectivity index (χ1v) is 11.6. The predicted molar refractivity (Wildman–Crippen MR) is 129 cm³/mol. The van der Waals surface area contributed by atoms with Gasteiger partial charge in [0.1, 0.15) is 0 Å². The van der Waals surface area contributed by atoms with Crippen LogP contribution in [0, 0.1) is 5.41 Å². The van der Waals surface area contributed by atoms with Crippen LogP contribution in [0.2, 0.25) is 0 Å². The summed E-state index contributed by atoms with van der Waals surface area (Å²) in [4.78, 5) is 0. The molecule has 2 aromatic carbocycles. The smallest absolute Gasteiger partial charge is 0.0310 e. The van der Waals surface area contributed by atoms with Crippen LogP contribution in [0.5, 0.6) is 0 Å². The van der Waals surface area contributed by atoms with Crippen molar-refractivity contribution in [2.45, 2.75) is 72.1 Å². The van der Waals surface area contributed by atoms with E-state index in [2.05, 4.69) is 89.2 Å². The largest absolute Gasteiger partial charge is 0.0718 e. The van der Waals surface area contributed by atoms with E-state index in [0.717, 1.165) is 6.42 Å². The van der Waals surface area contributed by atoms with Crippen molar-refractivity contribution in [3.05, 3.63) is 98.7 Å². The number of rotatable bonds is 3. The van der Waals surface area contributed by atoms with Gasteiger partial charge in [0, 0.05) is 10.8 Å². The minimum Gasteiger partial charge on any atom is -0.0718 e. The molecule has 0 aliphatic heterocycles. The van der Waals surface area contributed by atoms with E-state index in [9.17, 15) is 0 Å². The monoisotopic (exact) mass is 394 g/mol. The molecule has 1 atom stereocenters. The summed E-state index contributed by atoms with van der Waals surface area (Å²) >= 11 is 0. The molecule has 0 nitrogen and oxygen atoms in total. The summed E-state index contributed by atoms with van der Waals surface area (Å²) in [5.41, 5.74) is 13.6. The van der Waals surface area contributed by atoms with Crippen molar-refractivity contribution in [2.24, 2.45) is 5.41 Å². The quantitative estimate of drug-likeness (QED) is 0.499. The molecule has 3 aliphatic rings. The van der Waals surface area contributed by atoms with Gasteiger partial charge in [-0.05, 0) is 98.8 Å². The molecule has 0 bridgehead atoms. The highest BCUT2D eigenvalue weighted by molar-refractivity contribution is 5.72. The molecule has 0 aromatic heterocycles. The Hall–Kier alpha value is -2.34. The molecule has 154 valence electrons. The van der Waals surface area contributed by atoms with Gasteiger partial charge in [0.2, 0.25) is 0 Å². The highest BCUT2D eigenvalue weighted by Crippen LogP contribution is 2.62. The second-order valence-corrected chi connectivity index (χ2v) is 10.0. The van der Waals surface area contributed by atoms with Crippen molar-refractivity contribution in [3.63, 3.8) is 0 Å². The molecule has 0 N–H and O–H groups in total. The fourth-order valence-electron chi connectivity index (χ4n) is 6.60. The summed E-state index contributed by atoms with van der Waals surface area (Å²) < 4.78 is 0. The molecule has 1 unspecified atom stereocenters. The molecule has 3 aliphatic carbocycles. The number of hydrogen-bond donors (Lipinski definition) is 0. The zero-order valence-corrected chi connectivity index (χ0v) is 19.2. The highest BCUT2D eigenvalue weighted by Gasteiger charge is 2.54. The van der Waals surface area contributed by atoms with Gasteiger partial charge in [0.15, 0.2) is 0 Å². The summed E-state index contributed by atoms with van der Waals surface area (Å²) in [7, 11) is 0.